The highest BCUT2D eigenvalue weighted by Crippen LogP contribution is 2.27. The maximum atomic E-state index is 11.2. The lowest BCUT2D eigenvalue weighted by atomic mass is 10.2. The van der Waals surface area contributed by atoms with Crippen LogP contribution in [0.4, 0.5) is 11.5 Å². The van der Waals surface area contributed by atoms with Crippen LogP contribution in [0.3, 0.4) is 0 Å². The van der Waals surface area contributed by atoms with Gasteiger partial charge in [-0.05, 0) is 13.0 Å². The highest BCUT2D eigenvalue weighted by molar-refractivity contribution is 7.92. The zero-order valence-corrected chi connectivity index (χ0v) is 12.0. The molecule has 10 heteroatoms. The van der Waals surface area contributed by atoms with E-state index in [2.05, 4.69) is 14.7 Å². The maximum absolute atomic E-state index is 11.2. The third-order valence-electron chi connectivity index (χ3n) is 2.42. The van der Waals surface area contributed by atoms with Crippen LogP contribution >= 0.6 is 11.6 Å². The molecule has 0 radical (unpaired) electrons. The fourth-order valence-corrected chi connectivity index (χ4v) is 2.34. The molecule has 8 nitrogen and oxygen atoms in total. The van der Waals surface area contributed by atoms with Crippen LogP contribution < -0.4 is 4.72 Å². The van der Waals surface area contributed by atoms with Crippen molar-refractivity contribution in [3.05, 3.63) is 33.0 Å². The first-order valence-electron chi connectivity index (χ1n) is 5.27. The summed E-state index contributed by atoms with van der Waals surface area (Å²) in [6, 6.07) is 2.69. The minimum absolute atomic E-state index is 0.105. The van der Waals surface area contributed by atoms with E-state index in [1.54, 1.807) is 6.92 Å². The second-order valence-corrected chi connectivity index (χ2v) is 6.23. The number of fused-ring (bicyclic) bond motifs is 1. The molecule has 1 aromatic carbocycles. The molecule has 2 rings (SSSR count). The van der Waals surface area contributed by atoms with Gasteiger partial charge in [0.2, 0.25) is 10.0 Å². The molecular formula is C10H9ClN4O4S. The second-order valence-electron chi connectivity index (χ2n) is 4.12. The Morgan fingerprint density at radius 2 is 1.90 bits per heavy atom. The number of nitro benzene ring substituents is 1. The first kappa shape index (κ1) is 14.4. The van der Waals surface area contributed by atoms with Gasteiger partial charge in [-0.3, -0.25) is 14.8 Å². The van der Waals surface area contributed by atoms with Crippen LogP contribution in [0.25, 0.3) is 11.0 Å². The fraction of sp³-hybridized carbons (Fsp3) is 0.200. The summed E-state index contributed by atoms with van der Waals surface area (Å²) in [6.07, 6.45) is 0.955. The predicted octanol–water partition coefficient (Wildman–Crippen LogP) is 1.87. The Kier molecular flexibility index (Phi) is 3.48. The summed E-state index contributed by atoms with van der Waals surface area (Å²) in [7, 11) is -3.55. The number of hydrogen-bond acceptors (Lipinski definition) is 6. The number of rotatable bonds is 3. The Hall–Kier alpha value is -2.00. The van der Waals surface area contributed by atoms with Gasteiger partial charge in [0, 0.05) is 11.6 Å². The molecule has 0 bridgehead atoms. The van der Waals surface area contributed by atoms with Gasteiger partial charge < -0.3 is 0 Å². The summed E-state index contributed by atoms with van der Waals surface area (Å²) in [4.78, 5) is 18.2. The summed E-state index contributed by atoms with van der Waals surface area (Å²) < 4.78 is 24.5. The van der Waals surface area contributed by atoms with Crippen LogP contribution in [-0.4, -0.2) is 29.6 Å². The summed E-state index contributed by atoms with van der Waals surface area (Å²) in [6.45, 7) is 1.55. The highest BCUT2D eigenvalue weighted by Gasteiger charge is 2.16. The lowest BCUT2D eigenvalue weighted by Crippen LogP contribution is -2.12. The Bertz CT molecular complexity index is 822. The van der Waals surface area contributed by atoms with Crippen LogP contribution in [0.5, 0.6) is 0 Å². The fourth-order valence-electron chi connectivity index (χ4n) is 1.61. The van der Waals surface area contributed by atoms with Gasteiger partial charge in [0.25, 0.3) is 5.69 Å². The third kappa shape index (κ3) is 2.94. The van der Waals surface area contributed by atoms with E-state index in [0.717, 1.165) is 6.26 Å². The number of sulfonamides is 1. The molecule has 0 unspecified atom stereocenters. The van der Waals surface area contributed by atoms with Crippen molar-refractivity contribution in [2.24, 2.45) is 0 Å². The SMILES string of the molecule is Cc1cc2nc(NS(C)(=O)=O)c(Cl)nc2cc1[N+](=O)[O-]. The van der Waals surface area contributed by atoms with Crippen molar-refractivity contribution >= 4 is 44.2 Å². The van der Waals surface area contributed by atoms with Gasteiger partial charge in [-0.15, -0.1) is 0 Å². The van der Waals surface area contributed by atoms with E-state index in [4.69, 9.17) is 11.6 Å². The number of hydrogen-bond donors (Lipinski definition) is 1. The molecule has 0 aliphatic heterocycles. The second kappa shape index (κ2) is 4.84. The smallest absolute Gasteiger partial charge is 0.265 e. The zero-order chi connectivity index (χ0) is 15.1. The van der Waals surface area contributed by atoms with Crippen molar-refractivity contribution in [3.63, 3.8) is 0 Å². The molecular weight excluding hydrogens is 308 g/mol. The Morgan fingerprint density at radius 3 is 2.45 bits per heavy atom. The summed E-state index contributed by atoms with van der Waals surface area (Å²) in [5.74, 6) is -0.116. The van der Waals surface area contributed by atoms with Crippen LogP contribution in [-0.2, 0) is 10.0 Å². The van der Waals surface area contributed by atoms with Gasteiger partial charge in [-0.1, -0.05) is 11.6 Å². The molecule has 0 atom stereocenters. The van der Waals surface area contributed by atoms with Gasteiger partial charge in [0.15, 0.2) is 11.0 Å². The molecule has 1 aromatic heterocycles. The number of aromatic nitrogens is 2. The van der Waals surface area contributed by atoms with Crippen LogP contribution in [0.15, 0.2) is 12.1 Å². The molecule has 106 valence electrons. The molecule has 2 aromatic rings. The summed E-state index contributed by atoms with van der Waals surface area (Å²) in [5, 5.41) is 10.7. The van der Waals surface area contributed by atoms with Crippen molar-refractivity contribution in [1.82, 2.24) is 9.97 Å². The molecule has 0 fully saturated rings. The maximum Gasteiger partial charge on any atom is 0.274 e. The summed E-state index contributed by atoms with van der Waals surface area (Å²) >= 11 is 5.81. The first-order chi connectivity index (χ1) is 9.17. The van der Waals surface area contributed by atoms with Crippen LogP contribution in [0.1, 0.15) is 5.56 Å². The normalized spacial score (nSPS) is 11.6. The molecule has 20 heavy (non-hydrogen) atoms. The van der Waals surface area contributed by atoms with E-state index >= 15 is 0 Å². The van der Waals surface area contributed by atoms with Crippen LogP contribution in [0.2, 0.25) is 5.15 Å². The largest absolute Gasteiger partial charge is 0.274 e. The number of aryl methyl sites for hydroxylation is 1. The Morgan fingerprint density at radius 1 is 1.30 bits per heavy atom. The molecule has 1 heterocycles. The van der Waals surface area contributed by atoms with Crippen molar-refractivity contribution in [2.45, 2.75) is 6.92 Å². The standard InChI is InChI=1S/C10H9ClN4O4S/c1-5-3-6-7(4-8(5)15(16)17)12-9(11)10(13-6)14-20(2,18)19/h3-4H,1-2H3,(H,13,14). The molecule has 0 aliphatic carbocycles. The molecule has 0 amide bonds. The quantitative estimate of drug-likeness (QED) is 0.682. The van der Waals surface area contributed by atoms with Gasteiger partial charge in [0.1, 0.15) is 0 Å². The van der Waals surface area contributed by atoms with E-state index in [9.17, 15) is 18.5 Å². The van der Waals surface area contributed by atoms with Gasteiger partial charge in [0.05, 0.1) is 22.2 Å². The van der Waals surface area contributed by atoms with Crippen molar-refractivity contribution < 1.29 is 13.3 Å². The predicted molar refractivity (Wildman–Crippen MR) is 74.4 cm³/mol. The van der Waals surface area contributed by atoms with E-state index < -0.39 is 14.9 Å². The van der Waals surface area contributed by atoms with E-state index in [0.29, 0.717) is 11.1 Å². The van der Waals surface area contributed by atoms with Crippen molar-refractivity contribution in [3.8, 4) is 0 Å². The molecule has 0 aliphatic rings. The average Bonchev–Trinajstić information content (AvgIpc) is 2.28. The lowest BCUT2D eigenvalue weighted by molar-refractivity contribution is -0.385. The topological polar surface area (TPSA) is 115 Å². The van der Waals surface area contributed by atoms with Gasteiger partial charge in [-0.25, -0.2) is 18.4 Å². The summed E-state index contributed by atoms with van der Waals surface area (Å²) in [5.41, 5.74) is 0.811. The van der Waals surface area contributed by atoms with Crippen molar-refractivity contribution in [1.29, 1.82) is 0 Å². The first-order valence-corrected chi connectivity index (χ1v) is 7.54. The Labute approximate surface area is 119 Å². The number of anilines is 1. The lowest BCUT2D eigenvalue weighted by Gasteiger charge is -2.07. The van der Waals surface area contributed by atoms with Crippen molar-refractivity contribution in [2.75, 3.05) is 11.0 Å². The zero-order valence-electron chi connectivity index (χ0n) is 10.4. The number of nitro groups is 1. The van der Waals surface area contributed by atoms with E-state index in [-0.39, 0.29) is 22.2 Å². The number of benzene rings is 1. The molecule has 0 saturated carbocycles. The number of nitrogens with one attached hydrogen (secondary N) is 1. The highest BCUT2D eigenvalue weighted by atomic mass is 35.5. The minimum atomic E-state index is -3.55. The number of nitrogens with zero attached hydrogens (tertiary/aromatic N) is 3. The molecule has 0 spiro atoms. The van der Waals surface area contributed by atoms with Gasteiger partial charge in [-0.2, -0.15) is 0 Å². The Balaban J connectivity index is 2.66. The molecule has 0 saturated heterocycles. The monoisotopic (exact) mass is 316 g/mol. The minimum Gasteiger partial charge on any atom is -0.265 e. The van der Waals surface area contributed by atoms with E-state index in [1.807, 2.05) is 0 Å². The third-order valence-corrected chi connectivity index (χ3v) is 3.25. The van der Waals surface area contributed by atoms with Gasteiger partial charge >= 0.3 is 0 Å². The van der Waals surface area contributed by atoms with Crippen LogP contribution in [0, 0.1) is 17.0 Å². The number of halogens is 1. The van der Waals surface area contributed by atoms with E-state index in [1.165, 1.54) is 12.1 Å². The average molecular weight is 317 g/mol. The molecule has 1 N–H and O–H groups in total.